The van der Waals surface area contributed by atoms with E-state index in [9.17, 15) is 0 Å². The lowest BCUT2D eigenvalue weighted by Gasteiger charge is -2.49. The average Bonchev–Trinajstić information content (AvgIpc) is 3.98. The molecule has 9 aliphatic heterocycles. The highest BCUT2D eigenvalue weighted by Gasteiger charge is 2.41. The molecule has 1 atom stereocenters. The summed E-state index contributed by atoms with van der Waals surface area (Å²) in [5, 5.41) is 6.67. The number of rotatable bonds is 0. The molecular weight excluding hydrogens is 1040 g/mol. The number of piperazine rings is 1. The topological polar surface area (TPSA) is 85.5 Å². The molecule has 1 aliphatic carbocycles. The lowest BCUT2D eigenvalue weighted by molar-refractivity contribution is -0.0168. The van der Waals surface area contributed by atoms with Gasteiger partial charge in [-0.25, -0.2) is 0 Å². The van der Waals surface area contributed by atoms with Gasteiger partial charge in [-0.1, -0.05) is 97.4 Å². The number of nitrogens with zero attached hydrogens (tertiary/aromatic N) is 1. The highest BCUT2D eigenvalue weighted by Crippen LogP contribution is 2.43. The number of benzene rings is 6. The van der Waals surface area contributed by atoms with Crippen LogP contribution in [-0.4, -0.2) is 113 Å². The highest BCUT2D eigenvalue weighted by molar-refractivity contribution is 8.05. The van der Waals surface area contributed by atoms with Crippen LogP contribution >= 0.6 is 59.0 Å². The number of ether oxygens (including phenoxy) is 5. The summed E-state index contributed by atoms with van der Waals surface area (Å²) in [5.41, 5.74) is 5.15. The molecule has 1 saturated carbocycles. The van der Waals surface area contributed by atoms with E-state index in [-0.39, 0.29) is 0 Å². The fraction of sp³-hybridized carbons (Fsp3) is 0.419. The van der Waals surface area contributed by atoms with Gasteiger partial charge in [0.2, 0.25) is 0 Å². The van der Waals surface area contributed by atoms with Crippen LogP contribution in [0.4, 0.5) is 0 Å². The molecule has 0 radical (unpaired) electrons. The first-order chi connectivity index (χ1) is 37.7. The summed E-state index contributed by atoms with van der Waals surface area (Å²) in [5.74, 6) is 8.74. The first-order valence-electron chi connectivity index (χ1n) is 27.3. The first kappa shape index (κ1) is 56.8. The lowest BCUT2D eigenvalue weighted by Crippen LogP contribution is -2.57. The van der Waals surface area contributed by atoms with Gasteiger partial charge in [-0.3, -0.25) is 9.62 Å². The molecule has 16 rings (SSSR count). The van der Waals surface area contributed by atoms with Crippen molar-refractivity contribution < 1.29 is 23.7 Å². The van der Waals surface area contributed by atoms with E-state index in [1.807, 2.05) is 102 Å². The maximum Gasteiger partial charge on any atom is 0.161 e. The molecule has 6 aromatic carbocycles. The van der Waals surface area contributed by atoms with Crippen molar-refractivity contribution in [3.63, 3.8) is 0 Å². The molecule has 76 heavy (non-hydrogen) atoms. The maximum atomic E-state index is 5.42. The molecule has 3 saturated heterocycles. The van der Waals surface area contributed by atoms with E-state index in [1.54, 1.807) is 17.5 Å². The molecule has 1 spiro atoms. The number of fused-ring (bicyclic) bond motifs is 7. The lowest BCUT2D eigenvalue weighted by atomic mass is 9.65. The zero-order valence-corrected chi connectivity index (χ0v) is 48.0. The molecule has 10 aliphatic rings. The van der Waals surface area contributed by atoms with Crippen molar-refractivity contribution in [3.8, 4) is 23.0 Å². The molecule has 404 valence electrons. The molecule has 14 heteroatoms. The van der Waals surface area contributed by atoms with Crippen molar-refractivity contribution in [2.24, 2.45) is 5.41 Å². The molecular formula is C62H76N4O5S5. The van der Waals surface area contributed by atoms with Crippen LogP contribution in [0.3, 0.4) is 0 Å². The van der Waals surface area contributed by atoms with Crippen LogP contribution < -0.4 is 34.3 Å². The van der Waals surface area contributed by atoms with E-state index < -0.39 is 0 Å². The summed E-state index contributed by atoms with van der Waals surface area (Å²) in [6.07, 6.45) is 9.46. The number of hydrogen-bond acceptors (Lipinski definition) is 14. The number of thioether (sulfide) groups is 4. The molecule has 4 fully saturated rings. The molecule has 9 heterocycles. The second kappa shape index (κ2) is 31.6. The van der Waals surface area contributed by atoms with Gasteiger partial charge in [0, 0.05) is 93.6 Å². The SMILES string of the molecule is C1CC2(C1)CNC2.C1CN2CCOCC2CN1.c1ccc2c(c1)CCCO2.c1ccc2c(c1)CCCS2.c1ccc2c(c1)CNS2.c1ccc2c(c1)OCCO2.c1ccc2c(c1)OCCS2.c1ccc2c(c1)SCCS2. The monoisotopic (exact) mass is 1120 g/mol. The molecule has 0 aromatic heterocycles. The summed E-state index contributed by atoms with van der Waals surface area (Å²) in [7, 11) is 0. The predicted molar refractivity (Wildman–Crippen MR) is 321 cm³/mol. The minimum atomic E-state index is 0.655. The largest absolute Gasteiger partial charge is 0.493 e. The average molecular weight is 1120 g/mol. The van der Waals surface area contributed by atoms with Crippen molar-refractivity contribution in [3.05, 3.63) is 162 Å². The third kappa shape index (κ3) is 17.8. The predicted octanol–water partition coefficient (Wildman–Crippen LogP) is 13.1. The Kier molecular flexibility index (Phi) is 23.6. The van der Waals surface area contributed by atoms with Gasteiger partial charge >= 0.3 is 0 Å². The molecule has 3 N–H and O–H groups in total. The van der Waals surface area contributed by atoms with Crippen molar-refractivity contribution in [2.45, 2.75) is 82.0 Å². The van der Waals surface area contributed by atoms with Gasteiger partial charge in [0.15, 0.2) is 11.5 Å². The van der Waals surface area contributed by atoms with Crippen LogP contribution in [-0.2, 0) is 24.1 Å². The number of aryl methyl sites for hydroxylation is 2. The Morgan fingerprint density at radius 2 is 1.01 bits per heavy atom. The second-order valence-electron chi connectivity index (χ2n) is 19.5. The second-order valence-corrected chi connectivity index (χ2v) is 25.0. The van der Waals surface area contributed by atoms with Crippen LogP contribution in [0.2, 0.25) is 0 Å². The Morgan fingerprint density at radius 1 is 0.447 bits per heavy atom. The van der Waals surface area contributed by atoms with Crippen molar-refractivity contribution in [1.29, 1.82) is 0 Å². The third-order valence-corrected chi connectivity index (χ3v) is 19.8. The van der Waals surface area contributed by atoms with Gasteiger partial charge in [0.05, 0.1) is 26.4 Å². The highest BCUT2D eigenvalue weighted by atomic mass is 32.2. The number of morpholine rings is 1. The molecule has 0 bridgehead atoms. The quantitative estimate of drug-likeness (QED) is 0.126. The van der Waals surface area contributed by atoms with Gasteiger partial charge in [-0.2, -0.15) is 0 Å². The summed E-state index contributed by atoms with van der Waals surface area (Å²) >= 11 is 9.51. The van der Waals surface area contributed by atoms with Crippen LogP contribution in [0.25, 0.3) is 0 Å². The van der Waals surface area contributed by atoms with Gasteiger partial charge in [0.25, 0.3) is 0 Å². The summed E-state index contributed by atoms with van der Waals surface area (Å²) < 4.78 is 30.0. The fourth-order valence-electron chi connectivity index (χ4n) is 9.68. The van der Waals surface area contributed by atoms with Crippen LogP contribution in [0.5, 0.6) is 23.0 Å². The van der Waals surface area contributed by atoms with Gasteiger partial charge in [-0.15, -0.1) is 47.0 Å². The Balaban J connectivity index is 0.000000106. The van der Waals surface area contributed by atoms with E-state index in [0.717, 1.165) is 93.2 Å². The Bertz CT molecular complexity index is 2170. The molecule has 6 aromatic rings. The Morgan fingerprint density at radius 3 is 1.63 bits per heavy atom. The van der Waals surface area contributed by atoms with Crippen molar-refractivity contribution >= 4 is 59.0 Å². The van der Waals surface area contributed by atoms with Gasteiger partial charge in [-0.05, 0) is 133 Å². The third-order valence-electron chi connectivity index (χ3n) is 14.1. The van der Waals surface area contributed by atoms with E-state index in [0.29, 0.717) is 19.3 Å². The minimum Gasteiger partial charge on any atom is -0.493 e. The number of hydrogen-bond donors (Lipinski definition) is 3. The van der Waals surface area contributed by atoms with Crippen LogP contribution in [0.15, 0.2) is 170 Å². The summed E-state index contributed by atoms with van der Waals surface area (Å²) in [6.45, 7) is 13.1. The molecule has 0 amide bonds. The van der Waals surface area contributed by atoms with E-state index in [4.69, 9.17) is 23.7 Å². The molecule has 1 unspecified atom stereocenters. The maximum absolute atomic E-state index is 5.42. The van der Waals surface area contributed by atoms with Gasteiger partial charge in [0.1, 0.15) is 24.7 Å². The van der Waals surface area contributed by atoms with E-state index in [1.165, 1.54) is 111 Å². The van der Waals surface area contributed by atoms with Crippen molar-refractivity contribution in [2.75, 3.05) is 102 Å². The van der Waals surface area contributed by atoms with E-state index >= 15 is 0 Å². The summed E-state index contributed by atoms with van der Waals surface area (Å²) in [4.78, 5) is 9.57. The Hall–Kier alpha value is -3.93. The van der Waals surface area contributed by atoms with Crippen LogP contribution in [0.1, 0.15) is 48.8 Å². The number of nitrogens with one attached hydrogen (secondary N) is 3. The smallest absolute Gasteiger partial charge is 0.161 e. The van der Waals surface area contributed by atoms with Crippen molar-refractivity contribution in [1.82, 2.24) is 20.3 Å². The fourth-order valence-corrected chi connectivity index (χ4v) is 14.6. The minimum absolute atomic E-state index is 0.655. The zero-order chi connectivity index (χ0) is 51.7. The number of para-hydroxylation sites is 4. The zero-order valence-electron chi connectivity index (χ0n) is 43.9. The van der Waals surface area contributed by atoms with E-state index in [2.05, 4.69) is 111 Å². The standard InChI is InChI=1S/C9H10O.C9H10S.C8H8O2.C8H8OS.C8H8S2.C7H14N2O.C7H7NS.C6H11N/c2*1-2-6-9-8(4-1)5-3-7-10-9;3*1-2-4-8-7(3-1)9-5-6-10-8;1-2-9-3-4-10-6-7(9)5-8-1;1-2-4-7-6(3-1)5-8-9-7;1-2-6(3-1)4-7-5-6/h2*1-2,4,6H,3,5,7H2;3*1-4H,5-6H2;7-8H,1-6H2;1-4,8H,5H2;7H,1-5H2. The van der Waals surface area contributed by atoms with Crippen LogP contribution in [0, 0.1) is 5.41 Å². The summed E-state index contributed by atoms with van der Waals surface area (Å²) in [6, 6.07) is 50.5. The first-order valence-corrected chi connectivity index (χ1v) is 32.1. The van der Waals surface area contributed by atoms with Gasteiger partial charge < -0.3 is 34.3 Å². The Labute approximate surface area is 474 Å². The normalized spacial score (nSPS) is 20.0. The molecule has 9 nitrogen and oxygen atoms in total.